The summed E-state index contributed by atoms with van der Waals surface area (Å²) in [6.07, 6.45) is -1.09. The summed E-state index contributed by atoms with van der Waals surface area (Å²) in [6.45, 7) is 0. The molecule has 3 heterocycles. The molecular weight excluding hydrogens is 512 g/mol. The van der Waals surface area contributed by atoms with Crippen LogP contribution in [-0.2, 0) is 0 Å². The fourth-order valence-electron chi connectivity index (χ4n) is 5.25. The van der Waals surface area contributed by atoms with Gasteiger partial charge in [-0.1, -0.05) is 24.3 Å². The van der Waals surface area contributed by atoms with Gasteiger partial charge in [0.15, 0.2) is 0 Å². The number of hydrogen-bond acceptors (Lipinski definition) is 8. The molecular formula is C28H20N8O4. The third-order valence-corrected chi connectivity index (χ3v) is 7.09. The Hall–Kier alpha value is -5.78. The van der Waals surface area contributed by atoms with E-state index in [-0.39, 0.29) is 11.4 Å². The maximum atomic E-state index is 11.4. The Morgan fingerprint density at radius 1 is 0.700 bits per heavy atom. The summed E-state index contributed by atoms with van der Waals surface area (Å²) in [5, 5.41) is 26.3. The highest BCUT2D eigenvalue weighted by Gasteiger charge is 2.39. The van der Waals surface area contributed by atoms with Gasteiger partial charge in [0.25, 0.3) is 11.4 Å². The Bertz CT molecular complexity index is 1880. The highest BCUT2D eigenvalue weighted by Crippen LogP contribution is 2.44. The molecule has 6 aromatic rings. The molecule has 2 N–H and O–H groups in total. The number of benzene rings is 4. The minimum absolute atomic E-state index is 0.0180. The van der Waals surface area contributed by atoms with Crippen molar-refractivity contribution in [3.05, 3.63) is 128 Å². The third-order valence-electron chi connectivity index (χ3n) is 7.09. The van der Waals surface area contributed by atoms with Gasteiger partial charge in [0.05, 0.1) is 31.9 Å². The van der Waals surface area contributed by atoms with Crippen molar-refractivity contribution in [3.63, 3.8) is 0 Å². The van der Waals surface area contributed by atoms with Crippen molar-refractivity contribution < 1.29 is 9.85 Å². The van der Waals surface area contributed by atoms with Gasteiger partial charge in [-0.15, -0.1) is 0 Å². The van der Waals surface area contributed by atoms with Crippen LogP contribution in [0.3, 0.4) is 0 Å². The first kappa shape index (κ1) is 23.3. The molecule has 0 aliphatic carbocycles. The predicted octanol–water partition coefficient (Wildman–Crippen LogP) is 5.91. The van der Waals surface area contributed by atoms with Crippen LogP contribution in [0.4, 0.5) is 23.3 Å². The van der Waals surface area contributed by atoms with Gasteiger partial charge in [0, 0.05) is 24.3 Å². The van der Waals surface area contributed by atoms with E-state index in [9.17, 15) is 20.2 Å². The number of aromatic nitrogens is 4. The van der Waals surface area contributed by atoms with Crippen molar-refractivity contribution in [2.75, 3.05) is 10.2 Å². The van der Waals surface area contributed by atoms with Crippen LogP contribution in [0.2, 0.25) is 0 Å². The van der Waals surface area contributed by atoms with Crippen LogP contribution in [0, 0.1) is 20.2 Å². The van der Waals surface area contributed by atoms with E-state index >= 15 is 0 Å². The second-order valence-corrected chi connectivity index (χ2v) is 9.40. The first-order chi connectivity index (χ1) is 19.5. The number of non-ortho nitro benzene ring substituents is 2. The largest absolute Gasteiger partial charge is 0.331 e. The molecule has 196 valence electrons. The molecule has 0 radical (unpaired) electrons. The van der Waals surface area contributed by atoms with Crippen LogP contribution >= 0.6 is 0 Å². The summed E-state index contributed by atoms with van der Waals surface area (Å²) in [5.74, 6) is 1.13. The normalized spacial score (nSPS) is 16.6. The molecule has 0 bridgehead atoms. The van der Waals surface area contributed by atoms with E-state index in [1.807, 2.05) is 58.0 Å². The molecule has 40 heavy (non-hydrogen) atoms. The Labute approximate surface area is 225 Å². The summed E-state index contributed by atoms with van der Waals surface area (Å²) < 4.78 is 2.03. The molecule has 1 aliphatic rings. The minimum atomic E-state index is -0.550. The number of H-pyrrole nitrogens is 1. The van der Waals surface area contributed by atoms with Crippen LogP contribution < -0.4 is 10.2 Å². The fourth-order valence-corrected chi connectivity index (χ4v) is 5.25. The minimum Gasteiger partial charge on any atom is -0.331 e. The number of nitrogens with one attached hydrogen (secondary N) is 2. The van der Waals surface area contributed by atoms with E-state index in [4.69, 9.17) is 9.97 Å². The highest BCUT2D eigenvalue weighted by atomic mass is 16.6. The average Bonchev–Trinajstić information content (AvgIpc) is 3.57. The number of nitro groups is 2. The molecule has 0 saturated carbocycles. The van der Waals surface area contributed by atoms with E-state index in [0.717, 1.165) is 33.2 Å². The monoisotopic (exact) mass is 532 g/mol. The first-order valence-electron chi connectivity index (χ1n) is 12.4. The molecule has 12 heteroatoms. The zero-order chi connectivity index (χ0) is 27.4. The summed E-state index contributed by atoms with van der Waals surface area (Å²) in [7, 11) is 0. The van der Waals surface area contributed by atoms with E-state index < -0.39 is 22.2 Å². The zero-order valence-electron chi connectivity index (χ0n) is 20.7. The molecule has 0 amide bonds. The molecule has 7 rings (SSSR count). The number of fused-ring (bicyclic) bond motifs is 4. The van der Waals surface area contributed by atoms with E-state index in [2.05, 4.69) is 10.3 Å². The molecule has 12 nitrogen and oxygen atoms in total. The quantitative estimate of drug-likeness (QED) is 0.206. The fraction of sp³-hybridized carbons (Fsp3) is 0.0714. The van der Waals surface area contributed by atoms with Gasteiger partial charge >= 0.3 is 0 Å². The summed E-state index contributed by atoms with van der Waals surface area (Å²) in [6, 6.07) is 28.2. The second-order valence-electron chi connectivity index (χ2n) is 9.40. The Balaban J connectivity index is 1.49. The lowest BCUT2D eigenvalue weighted by atomic mass is 10.1. The van der Waals surface area contributed by atoms with Gasteiger partial charge in [-0.25, -0.2) is 9.97 Å². The van der Waals surface area contributed by atoms with Crippen LogP contribution in [-0.4, -0.2) is 29.4 Å². The summed E-state index contributed by atoms with van der Waals surface area (Å²) >= 11 is 0. The van der Waals surface area contributed by atoms with Crippen molar-refractivity contribution in [1.82, 2.24) is 19.5 Å². The lowest BCUT2D eigenvalue weighted by Crippen LogP contribution is -2.45. The van der Waals surface area contributed by atoms with Gasteiger partial charge in [-0.2, -0.15) is 0 Å². The summed E-state index contributed by atoms with van der Waals surface area (Å²) in [5.41, 5.74) is 4.71. The standard InChI is InChI=1S/C28H20N8O4/c37-35(38)19-13-9-17(10-14-19)25-32-28-31-23-7-3-4-8-24(23)33(28)26(18-11-15-20(16-12-18)36(39)40)34(25)27-29-21-5-1-2-6-22(21)30-27/h1-16,25-26H,(H,29,30)(H,31,32). The Kier molecular flexibility index (Phi) is 5.20. The molecule has 2 unspecified atom stereocenters. The first-order valence-corrected chi connectivity index (χ1v) is 12.4. The average molecular weight is 533 g/mol. The zero-order valence-corrected chi connectivity index (χ0v) is 20.7. The van der Waals surface area contributed by atoms with Gasteiger partial charge in [0.1, 0.15) is 12.3 Å². The van der Waals surface area contributed by atoms with Gasteiger partial charge in [0.2, 0.25) is 11.9 Å². The van der Waals surface area contributed by atoms with Gasteiger partial charge in [-0.05, 0) is 59.7 Å². The number of para-hydroxylation sites is 4. The number of nitro benzene ring substituents is 2. The maximum Gasteiger partial charge on any atom is 0.269 e. The number of imidazole rings is 2. The number of aromatic amines is 1. The van der Waals surface area contributed by atoms with Crippen molar-refractivity contribution in [2.24, 2.45) is 0 Å². The Morgan fingerprint density at radius 3 is 1.95 bits per heavy atom. The number of nitrogens with zero attached hydrogens (tertiary/aromatic N) is 6. The smallest absolute Gasteiger partial charge is 0.269 e. The Morgan fingerprint density at radius 2 is 1.30 bits per heavy atom. The molecule has 0 fully saturated rings. The second kappa shape index (κ2) is 8.91. The topological polar surface area (TPSA) is 148 Å². The van der Waals surface area contributed by atoms with E-state index in [0.29, 0.717) is 11.9 Å². The van der Waals surface area contributed by atoms with Crippen molar-refractivity contribution in [3.8, 4) is 0 Å². The van der Waals surface area contributed by atoms with Crippen molar-refractivity contribution in [2.45, 2.75) is 12.3 Å². The molecule has 4 aromatic carbocycles. The van der Waals surface area contributed by atoms with Crippen molar-refractivity contribution >= 4 is 45.3 Å². The third kappa shape index (κ3) is 3.69. The molecule has 1 aliphatic heterocycles. The molecule has 2 aromatic heterocycles. The van der Waals surface area contributed by atoms with E-state index in [1.54, 1.807) is 24.3 Å². The van der Waals surface area contributed by atoms with Crippen LogP contribution in [0.25, 0.3) is 22.1 Å². The molecule has 0 spiro atoms. The highest BCUT2D eigenvalue weighted by molar-refractivity contribution is 5.81. The SMILES string of the molecule is O=[N+]([O-])c1ccc(C2Nc3nc4ccccc4n3C(c3ccc([N+](=O)[O-])cc3)N2c2nc3ccccc3[nH]2)cc1. The number of hydrogen-bond donors (Lipinski definition) is 2. The lowest BCUT2D eigenvalue weighted by Gasteiger charge is -2.44. The molecule has 2 atom stereocenters. The van der Waals surface area contributed by atoms with Crippen LogP contribution in [0.15, 0.2) is 97.1 Å². The van der Waals surface area contributed by atoms with Crippen LogP contribution in [0.1, 0.15) is 23.5 Å². The van der Waals surface area contributed by atoms with Crippen LogP contribution in [0.5, 0.6) is 0 Å². The maximum absolute atomic E-state index is 11.4. The van der Waals surface area contributed by atoms with E-state index in [1.165, 1.54) is 24.3 Å². The molecule has 0 saturated heterocycles. The summed E-state index contributed by atoms with van der Waals surface area (Å²) in [4.78, 5) is 37.1. The lowest BCUT2D eigenvalue weighted by molar-refractivity contribution is -0.385. The number of anilines is 2. The van der Waals surface area contributed by atoms with Gasteiger partial charge in [-0.3, -0.25) is 29.7 Å². The number of rotatable bonds is 5. The van der Waals surface area contributed by atoms with Crippen molar-refractivity contribution in [1.29, 1.82) is 0 Å². The van der Waals surface area contributed by atoms with Gasteiger partial charge < -0.3 is 10.3 Å². The predicted molar refractivity (Wildman–Crippen MR) is 149 cm³/mol.